The molecule has 3 aromatic rings. The molecule has 158 valence electrons. The number of pyridine rings is 1. The Morgan fingerprint density at radius 2 is 2.03 bits per heavy atom. The van der Waals surface area contributed by atoms with Crippen LogP contribution in [-0.2, 0) is 6.18 Å². The molecule has 0 spiro atoms. The maximum absolute atomic E-state index is 13.1. The minimum atomic E-state index is -4.45. The molecular weight excluding hydrogens is 409 g/mol. The molecule has 2 bridgehead atoms. The van der Waals surface area contributed by atoms with Crippen LogP contribution in [0.4, 0.5) is 35.3 Å². The van der Waals surface area contributed by atoms with Gasteiger partial charge in [0, 0.05) is 24.8 Å². The fourth-order valence-corrected chi connectivity index (χ4v) is 4.02. The van der Waals surface area contributed by atoms with Crippen LogP contribution < -0.4 is 15.1 Å². The van der Waals surface area contributed by atoms with Crippen LogP contribution in [0, 0.1) is 0 Å². The molecule has 0 radical (unpaired) electrons. The van der Waals surface area contributed by atoms with Crippen LogP contribution in [0.1, 0.15) is 12.0 Å². The number of urea groups is 1. The zero-order valence-electron chi connectivity index (χ0n) is 16.2. The Hall–Kier alpha value is -3.69. The first-order valence-electron chi connectivity index (χ1n) is 9.70. The Morgan fingerprint density at radius 3 is 2.81 bits per heavy atom. The van der Waals surface area contributed by atoms with E-state index >= 15 is 0 Å². The summed E-state index contributed by atoms with van der Waals surface area (Å²) in [4.78, 5) is 29.3. The van der Waals surface area contributed by atoms with Crippen molar-refractivity contribution in [3.05, 3.63) is 60.6 Å². The normalized spacial score (nSPS) is 17.5. The number of hydrogen-bond donors (Lipinski definition) is 1. The highest BCUT2D eigenvalue weighted by Gasteiger charge is 2.40. The number of carbonyl (C=O) groups is 1. The van der Waals surface area contributed by atoms with E-state index in [1.165, 1.54) is 18.6 Å². The lowest BCUT2D eigenvalue weighted by atomic mass is 10.1. The molecule has 2 aliphatic rings. The summed E-state index contributed by atoms with van der Waals surface area (Å²) in [6.45, 7) is 1.45. The van der Waals surface area contributed by atoms with Gasteiger partial charge in [-0.25, -0.2) is 19.7 Å². The predicted octanol–water partition coefficient (Wildman–Crippen LogP) is 4.19. The summed E-state index contributed by atoms with van der Waals surface area (Å²) in [5, 5.41) is 2.75. The summed E-state index contributed by atoms with van der Waals surface area (Å²) in [5.74, 6) is 0.784. The molecule has 1 fully saturated rings. The van der Waals surface area contributed by atoms with Crippen molar-refractivity contribution >= 4 is 23.4 Å². The number of benzene rings is 1. The van der Waals surface area contributed by atoms with E-state index in [2.05, 4.69) is 25.2 Å². The Kier molecular flexibility index (Phi) is 4.49. The molecule has 10 heteroatoms. The van der Waals surface area contributed by atoms with Gasteiger partial charge in [-0.3, -0.25) is 10.2 Å². The van der Waals surface area contributed by atoms with Crippen molar-refractivity contribution in [2.45, 2.75) is 18.6 Å². The summed E-state index contributed by atoms with van der Waals surface area (Å²) >= 11 is 0. The number of alkyl halides is 3. The second kappa shape index (κ2) is 7.22. The third kappa shape index (κ3) is 3.54. The number of hydrogen-bond acceptors (Lipinski definition) is 5. The lowest BCUT2D eigenvalue weighted by Crippen LogP contribution is -2.48. The van der Waals surface area contributed by atoms with Crippen molar-refractivity contribution in [1.29, 1.82) is 0 Å². The smallest absolute Gasteiger partial charge is 0.366 e. The largest absolute Gasteiger partial charge is 0.416 e. The first-order valence-corrected chi connectivity index (χ1v) is 9.70. The summed E-state index contributed by atoms with van der Waals surface area (Å²) < 4.78 is 39.4. The lowest BCUT2D eigenvalue weighted by molar-refractivity contribution is -0.137. The molecule has 0 aliphatic carbocycles. The highest BCUT2D eigenvalue weighted by Crippen LogP contribution is 2.41. The Labute approximate surface area is 175 Å². The third-order valence-corrected chi connectivity index (χ3v) is 5.47. The number of nitrogens with one attached hydrogen (secondary N) is 1. The summed E-state index contributed by atoms with van der Waals surface area (Å²) in [5.41, 5.74) is 0.739. The molecular formula is C21H17F3N6O. The Bertz CT molecular complexity index is 1140. The van der Waals surface area contributed by atoms with Gasteiger partial charge in [0.05, 0.1) is 23.0 Å². The molecule has 1 atom stereocenters. The predicted molar refractivity (Wildman–Crippen MR) is 109 cm³/mol. The molecule has 1 saturated heterocycles. The van der Waals surface area contributed by atoms with Gasteiger partial charge in [-0.05, 0) is 36.8 Å². The van der Waals surface area contributed by atoms with Crippen LogP contribution in [0.2, 0.25) is 0 Å². The monoisotopic (exact) mass is 426 g/mol. The second-order valence-electron chi connectivity index (χ2n) is 7.40. The van der Waals surface area contributed by atoms with E-state index < -0.39 is 11.7 Å². The van der Waals surface area contributed by atoms with Crippen LogP contribution in [0.5, 0.6) is 0 Å². The fraction of sp³-hybridized carbons (Fsp3) is 0.238. The van der Waals surface area contributed by atoms with Gasteiger partial charge >= 0.3 is 12.2 Å². The summed E-state index contributed by atoms with van der Waals surface area (Å²) in [6.07, 6.45) is -0.819. The first kappa shape index (κ1) is 19.3. The van der Waals surface area contributed by atoms with Crippen LogP contribution in [0.3, 0.4) is 0 Å². The van der Waals surface area contributed by atoms with E-state index in [-0.39, 0.29) is 12.1 Å². The SMILES string of the molecule is O=C(Nc1ccncn1)N1c2nc(-c3cccc(C(F)(F)F)c3)ccc2N2CC[C@@H]1C2. The molecule has 5 rings (SSSR count). The minimum absolute atomic E-state index is 0.0846. The van der Waals surface area contributed by atoms with E-state index in [0.29, 0.717) is 29.4 Å². The van der Waals surface area contributed by atoms with Crippen molar-refractivity contribution in [3.63, 3.8) is 0 Å². The van der Waals surface area contributed by atoms with Gasteiger partial charge in [0.25, 0.3) is 0 Å². The lowest BCUT2D eigenvalue weighted by Gasteiger charge is -2.35. The van der Waals surface area contributed by atoms with Gasteiger partial charge in [0.15, 0.2) is 5.82 Å². The Balaban J connectivity index is 1.54. The molecule has 7 nitrogen and oxygen atoms in total. The molecule has 0 unspecified atom stereocenters. The Morgan fingerprint density at radius 1 is 1.16 bits per heavy atom. The molecule has 1 aromatic carbocycles. The quantitative estimate of drug-likeness (QED) is 0.665. The fourth-order valence-electron chi connectivity index (χ4n) is 4.02. The van der Waals surface area contributed by atoms with Gasteiger partial charge in [0.2, 0.25) is 0 Å². The van der Waals surface area contributed by atoms with Crippen molar-refractivity contribution in [2.75, 3.05) is 28.2 Å². The van der Waals surface area contributed by atoms with Crippen molar-refractivity contribution in [1.82, 2.24) is 15.0 Å². The number of aromatic nitrogens is 3. The summed E-state index contributed by atoms with van der Waals surface area (Å²) in [7, 11) is 0. The van der Waals surface area contributed by atoms with E-state index in [1.54, 1.807) is 23.1 Å². The second-order valence-corrected chi connectivity index (χ2v) is 7.40. The topological polar surface area (TPSA) is 74.2 Å². The number of carbonyl (C=O) groups excluding carboxylic acids is 1. The molecule has 31 heavy (non-hydrogen) atoms. The highest BCUT2D eigenvalue weighted by atomic mass is 19.4. The van der Waals surface area contributed by atoms with Gasteiger partial charge in [-0.2, -0.15) is 13.2 Å². The minimum Gasteiger partial charge on any atom is -0.366 e. The number of anilines is 3. The molecule has 0 saturated carbocycles. The van der Waals surface area contributed by atoms with Crippen molar-refractivity contribution in [3.8, 4) is 11.3 Å². The van der Waals surface area contributed by atoms with Crippen LogP contribution in [-0.4, -0.2) is 40.1 Å². The maximum atomic E-state index is 13.1. The van der Waals surface area contributed by atoms with Gasteiger partial charge in [-0.1, -0.05) is 12.1 Å². The van der Waals surface area contributed by atoms with Gasteiger partial charge in [-0.15, -0.1) is 0 Å². The molecule has 1 N–H and O–H groups in total. The van der Waals surface area contributed by atoms with E-state index in [0.717, 1.165) is 30.8 Å². The number of amides is 2. The van der Waals surface area contributed by atoms with Gasteiger partial charge in [0.1, 0.15) is 12.1 Å². The molecule has 2 amide bonds. The average Bonchev–Trinajstić information content (AvgIpc) is 3.18. The maximum Gasteiger partial charge on any atom is 0.416 e. The van der Waals surface area contributed by atoms with E-state index in [1.807, 2.05) is 6.07 Å². The first-order chi connectivity index (χ1) is 14.9. The summed E-state index contributed by atoms with van der Waals surface area (Å²) in [6, 6.07) is 9.62. The zero-order valence-corrected chi connectivity index (χ0v) is 16.2. The standard InChI is InChI=1S/C21H17F3N6O/c22-21(23,24)14-3-1-2-13(10-14)16-4-5-17-19(27-16)30(15-7-9-29(17)11-15)20(31)28-18-6-8-25-12-26-18/h1-6,8,10,12,15H,7,9,11H2,(H,25,26,28,31)/t15-/m1/s1. The zero-order chi connectivity index (χ0) is 21.6. The number of nitrogens with zero attached hydrogens (tertiary/aromatic N) is 5. The number of fused-ring (bicyclic) bond motifs is 4. The van der Waals surface area contributed by atoms with Crippen LogP contribution in [0.15, 0.2) is 55.0 Å². The molecule has 2 aliphatic heterocycles. The van der Waals surface area contributed by atoms with Crippen molar-refractivity contribution < 1.29 is 18.0 Å². The van der Waals surface area contributed by atoms with Crippen molar-refractivity contribution in [2.24, 2.45) is 0 Å². The highest BCUT2D eigenvalue weighted by molar-refractivity contribution is 6.04. The van der Waals surface area contributed by atoms with Crippen LogP contribution >= 0.6 is 0 Å². The van der Waals surface area contributed by atoms with E-state index in [9.17, 15) is 18.0 Å². The molecule has 4 heterocycles. The number of halogens is 3. The van der Waals surface area contributed by atoms with E-state index in [4.69, 9.17) is 0 Å². The number of rotatable bonds is 2. The van der Waals surface area contributed by atoms with Crippen LogP contribution in [0.25, 0.3) is 11.3 Å². The van der Waals surface area contributed by atoms with Gasteiger partial charge < -0.3 is 4.90 Å². The third-order valence-electron chi connectivity index (χ3n) is 5.47. The average molecular weight is 426 g/mol. The molecule has 2 aromatic heterocycles.